The number of aliphatic carboxylic acids is 1. The largest absolute Gasteiger partial charge is 0.480 e. The molecule has 114 valence electrons. The first-order valence-corrected chi connectivity index (χ1v) is 7.99. The lowest BCUT2D eigenvalue weighted by atomic mass is 10.2. The topological polar surface area (TPSA) is 70.5 Å². The molecule has 1 saturated heterocycles. The van der Waals surface area contributed by atoms with Crippen molar-refractivity contribution >= 4 is 23.2 Å². The number of benzene rings is 1. The Morgan fingerprint density at radius 2 is 2.09 bits per heavy atom. The number of thiazole rings is 1. The van der Waals surface area contributed by atoms with Gasteiger partial charge in [0, 0.05) is 13.0 Å². The molecule has 1 amide bonds. The van der Waals surface area contributed by atoms with Crippen molar-refractivity contribution in [3.05, 3.63) is 52.0 Å². The summed E-state index contributed by atoms with van der Waals surface area (Å²) in [6, 6.07) is 9.23. The molecule has 2 heterocycles. The second kappa shape index (κ2) is 6.27. The summed E-state index contributed by atoms with van der Waals surface area (Å²) in [6.45, 7) is 0.502. The number of hydrogen-bond donors (Lipinski definition) is 1. The Balaban J connectivity index is 1.73. The Hall–Kier alpha value is -2.21. The number of hydrogen-bond acceptors (Lipinski definition) is 4. The van der Waals surface area contributed by atoms with Crippen LogP contribution >= 0.6 is 11.3 Å². The van der Waals surface area contributed by atoms with E-state index in [9.17, 15) is 14.7 Å². The van der Waals surface area contributed by atoms with Crippen LogP contribution in [0.25, 0.3) is 0 Å². The number of carboxylic acids is 1. The van der Waals surface area contributed by atoms with Crippen LogP contribution in [-0.4, -0.2) is 39.5 Å². The summed E-state index contributed by atoms with van der Waals surface area (Å²) < 4.78 is 0. The van der Waals surface area contributed by atoms with Crippen LogP contribution in [0.15, 0.2) is 36.5 Å². The minimum atomic E-state index is -0.931. The van der Waals surface area contributed by atoms with Gasteiger partial charge < -0.3 is 10.0 Å². The molecule has 1 aliphatic rings. The minimum Gasteiger partial charge on any atom is -0.480 e. The molecule has 1 aromatic carbocycles. The van der Waals surface area contributed by atoms with Crippen LogP contribution in [0.2, 0.25) is 0 Å². The maximum Gasteiger partial charge on any atom is 0.326 e. The zero-order valence-electron chi connectivity index (χ0n) is 11.9. The Labute approximate surface area is 132 Å². The molecule has 1 aromatic heterocycles. The van der Waals surface area contributed by atoms with Gasteiger partial charge in [0.1, 0.15) is 10.9 Å². The summed E-state index contributed by atoms with van der Waals surface area (Å²) in [7, 11) is 0. The highest BCUT2D eigenvalue weighted by atomic mass is 32.1. The van der Waals surface area contributed by atoms with Gasteiger partial charge in [-0.2, -0.15) is 0 Å². The molecule has 0 bridgehead atoms. The fourth-order valence-corrected chi connectivity index (χ4v) is 3.58. The molecule has 3 rings (SSSR count). The monoisotopic (exact) mass is 316 g/mol. The molecule has 0 aliphatic carbocycles. The number of nitrogens with zero attached hydrogens (tertiary/aromatic N) is 2. The molecule has 1 N–H and O–H groups in total. The predicted octanol–water partition coefficient (Wildman–Crippen LogP) is 2.42. The van der Waals surface area contributed by atoms with Gasteiger partial charge in [-0.15, -0.1) is 11.3 Å². The van der Waals surface area contributed by atoms with E-state index in [-0.39, 0.29) is 5.91 Å². The summed E-state index contributed by atoms with van der Waals surface area (Å²) in [5.41, 5.74) is 1.14. The summed E-state index contributed by atoms with van der Waals surface area (Å²) in [6.07, 6.45) is 3.50. The Morgan fingerprint density at radius 3 is 2.82 bits per heavy atom. The third-order valence-corrected chi connectivity index (χ3v) is 4.75. The van der Waals surface area contributed by atoms with E-state index in [2.05, 4.69) is 4.98 Å². The van der Waals surface area contributed by atoms with Gasteiger partial charge in [0.2, 0.25) is 0 Å². The van der Waals surface area contributed by atoms with Gasteiger partial charge in [0.25, 0.3) is 5.91 Å². The van der Waals surface area contributed by atoms with Crippen molar-refractivity contribution in [1.82, 2.24) is 9.88 Å². The predicted molar refractivity (Wildman–Crippen MR) is 83.1 cm³/mol. The molecule has 5 nitrogen and oxygen atoms in total. The van der Waals surface area contributed by atoms with E-state index in [0.29, 0.717) is 24.3 Å². The number of carbonyl (C=O) groups is 2. The molecule has 6 heteroatoms. The molecule has 1 atom stereocenters. The second-order valence-corrected chi connectivity index (χ2v) is 6.39. The lowest BCUT2D eigenvalue weighted by molar-refractivity contribution is -0.141. The van der Waals surface area contributed by atoms with Gasteiger partial charge in [-0.1, -0.05) is 30.3 Å². The average molecular weight is 316 g/mol. The fourth-order valence-electron chi connectivity index (χ4n) is 2.67. The molecule has 22 heavy (non-hydrogen) atoms. The van der Waals surface area contributed by atoms with Crippen LogP contribution < -0.4 is 0 Å². The SMILES string of the molecule is O=C(O)[C@@H]1CCCN1C(=O)c1cnc(Cc2ccccc2)s1. The van der Waals surface area contributed by atoms with E-state index >= 15 is 0 Å². The Kier molecular flexibility index (Phi) is 4.20. The van der Waals surface area contributed by atoms with Gasteiger partial charge in [0.15, 0.2) is 0 Å². The quantitative estimate of drug-likeness (QED) is 0.940. The van der Waals surface area contributed by atoms with Crippen molar-refractivity contribution in [3.8, 4) is 0 Å². The molecule has 1 aliphatic heterocycles. The van der Waals surface area contributed by atoms with E-state index in [0.717, 1.165) is 17.0 Å². The van der Waals surface area contributed by atoms with Crippen molar-refractivity contribution in [1.29, 1.82) is 0 Å². The number of rotatable bonds is 4. The van der Waals surface area contributed by atoms with Crippen LogP contribution in [-0.2, 0) is 11.2 Å². The fraction of sp³-hybridized carbons (Fsp3) is 0.312. The molecule has 0 spiro atoms. The first-order chi connectivity index (χ1) is 10.6. The van der Waals surface area contributed by atoms with Gasteiger partial charge in [-0.25, -0.2) is 9.78 Å². The first kappa shape index (κ1) is 14.7. The van der Waals surface area contributed by atoms with Crippen molar-refractivity contribution in [2.75, 3.05) is 6.54 Å². The van der Waals surface area contributed by atoms with Crippen molar-refractivity contribution in [2.45, 2.75) is 25.3 Å². The molecular weight excluding hydrogens is 300 g/mol. The minimum absolute atomic E-state index is 0.221. The number of carbonyl (C=O) groups excluding carboxylic acids is 1. The van der Waals surface area contributed by atoms with Crippen LogP contribution in [0.1, 0.15) is 33.1 Å². The number of likely N-dealkylation sites (tertiary alicyclic amines) is 1. The van der Waals surface area contributed by atoms with Crippen molar-refractivity contribution in [3.63, 3.8) is 0 Å². The van der Waals surface area contributed by atoms with Crippen molar-refractivity contribution < 1.29 is 14.7 Å². The summed E-state index contributed by atoms with van der Waals surface area (Å²) in [5, 5.41) is 10.0. The Bertz CT molecular complexity index is 684. The van der Waals surface area contributed by atoms with Crippen LogP contribution in [0.5, 0.6) is 0 Å². The lowest BCUT2D eigenvalue weighted by Crippen LogP contribution is -2.40. The molecular formula is C16H16N2O3S. The molecule has 0 radical (unpaired) electrons. The van der Waals surface area contributed by atoms with Gasteiger partial charge >= 0.3 is 5.97 Å². The zero-order chi connectivity index (χ0) is 15.5. The maximum absolute atomic E-state index is 12.5. The Morgan fingerprint density at radius 1 is 1.32 bits per heavy atom. The third kappa shape index (κ3) is 3.01. The smallest absolute Gasteiger partial charge is 0.326 e. The summed E-state index contributed by atoms with van der Waals surface area (Å²) in [4.78, 5) is 29.9. The highest BCUT2D eigenvalue weighted by molar-refractivity contribution is 7.13. The van der Waals surface area contributed by atoms with E-state index in [4.69, 9.17) is 0 Å². The van der Waals surface area contributed by atoms with E-state index in [1.54, 1.807) is 6.20 Å². The lowest BCUT2D eigenvalue weighted by Gasteiger charge is -2.20. The van der Waals surface area contributed by atoms with Crippen LogP contribution in [0, 0.1) is 0 Å². The number of amides is 1. The second-order valence-electron chi connectivity index (χ2n) is 5.28. The van der Waals surface area contributed by atoms with E-state index in [1.807, 2.05) is 30.3 Å². The average Bonchev–Trinajstić information content (AvgIpc) is 3.16. The zero-order valence-corrected chi connectivity index (χ0v) is 12.8. The molecule has 0 saturated carbocycles. The summed E-state index contributed by atoms with van der Waals surface area (Å²) >= 11 is 1.34. The highest BCUT2D eigenvalue weighted by Gasteiger charge is 2.35. The van der Waals surface area contributed by atoms with E-state index < -0.39 is 12.0 Å². The van der Waals surface area contributed by atoms with Crippen LogP contribution in [0.4, 0.5) is 0 Å². The number of carboxylic acid groups (broad SMARTS) is 1. The van der Waals surface area contributed by atoms with Gasteiger partial charge in [-0.05, 0) is 18.4 Å². The first-order valence-electron chi connectivity index (χ1n) is 7.17. The van der Waals surface area contributed by atoms with Crippen LogP contribution in [0.3, 0.4) is 0 Å². The number of aromatic nitrogens is 1. The molecule has 2 aromatic rings. The van der Waals surface area contributed by atoms with Gasteiger partial charge in [-0.3, -0.25) is 4.79 Å². The molecule has 1 fully saturated rings. The summed E-state index contributed by atoms with van der Waals surface area (Å²) in [5.74, 6) is -1.15. The highest BCUT2D eigenvalue weighted by Crippen LogP contribution is 2.24. The standard InChI is InChI=1S/C16H16N2O3S/c19-15(18-8-4-7-12(18)16(20)21)13-10-17-14(22-13)9-11-5-2-1-3-6-11/h1-3,5-6,10,12H,4,7-9H2,(H,20,21)/t12-/m0/s1. The maximum atomic E-state index is 12.5. The van der Waals surface area contributed by atoms with Crippen molar-refractivity contribution in [2.24, 2.45) is 0 Å². The van der Waals surface area contributed by atoms with E-state index in [1.165, 1.54) is 16.2 Å². The third-order valence-electron chi connectivity index (χ3n) is 3.76. The normalized spacial score (nSPS) is 17.6. The molecule has 0 unspecified atom stereocenters. The van der Waals surface area contributed by atoms with Gasteiger partial charge in [0.05, 0.1) is 11.2 Å².